The molecular weight excluding hydrogens is 449 g/mol. The maximum absolute atomic E-state index is 11.9. The SMILES string of the molecule is O=S(O[N-]S(=O)(=O)C(F)(F)F)c1ccc(I)cc1.[K+]. The molecule has 0 aliphatic rings. The normalized spacial score (nSPS) is 13.7. The quantitative estimate of drug-likeness (QED) is 0.349. The zero-order valence-electron chi connectivity index (χ0n) is 9.22. The van der Waals surface area contributed by atoms with Crippen molar-refractivity contribution in [2.45, 2.75) is 10.4 Å². The van der Waals surface area contributed by atoms with E-state index >= 15 is 0 Å². The second kappa shape index (κ2) is 8.14. The summed E-state index contributed by atoms with van der Waals surface area (Å²) in [4.78, 5) is 1.97. The summed E-state index contributed by atoms with van der Waals surface area (Å²) in [6.45, 7) is 0. The fourth-order valence-electron chi connectivity index (χ4n) is 0.699. The Labute approximate surface area is 165 Å². The number of hydrogen-bond acceptors (Lipinski definition) is 4. The van der Waals surface area contributed by atoms with Crippen LogP contribution in [0.15, 0.2) is 29.2 Å². The number of hydrogen-bond donors (Lipinski definition) is 0. The van der Waals surface area contributed by atoms with Crippen molar-refractivity contribution in [2.24, 2.45) is 0 Å². The van der Waals surface area contributed by atoms with E-state index in [-0.39, 0.29) is 56.3 Å². The first-order valence-corrected chi connectivity index (χ1v) is 7.61. The van der Waals surface area contributed by atoms with Gasteiger partial charge >= 0.3 is 56.9 Å². The maximum Gasteiger partial charge on any atom is 1.00 e. The van der Waals surface area contributed by atoms with E-state index in [1.807, 2.05) is 27.5 Å². The van der Waals surface area contributed by atoms with Gasteiger partial charge in [-0.25, -0.2) is 12.6 Å². The van der Waals surface area contributed by atoms with Gasteiger partial charge in [0, 0.05) is 3.57 Å². The van der Waals surface area contributed by atoms with Crippen LogP contribution in [0.4, 0.5) is 13.2 Å². The van der Waals surface area contributed by atoms with Crippen molar-refractivity contribution in [3.05, 3.63) is 32.7 Å². The minimum Gasteiger partial charge on any atom is -0.398 e. The summed E-state index contributed by atoms with van der Waals surface area (Å²) in [5.41, 5.74) is -5.58. The minimum atomic E-state index is -5.80. The fraction of sp³-hybridized carbons (Fsp3) is 0.143. The molecule has 0 aliphatic heterocycles. The molecule has 0 N–H and O–H groups in total. The zero-order valence-corrected chi connectivity index (χ0v) is 16.1. The van der Waals surface area contributed by atoms with Crippen LogP contribution in [0.2, 0.25) is 0 Å². The molecule has 0 heterocycles. The summed E-state index contributed by atoms with van der Waals surface area (Å²) in [7, 11) is -5.80. The molecule has 102 valence electrons. The number of sulfonamides is 1. The van der Waals surface area contributed by atoms with Crippen LogP contribution in [0.1, 0.15) is 0 Å². The predicted molar refractivity (Wildman–Crippen MR) is 65.0 cm³/mol. The summed E-state index contributed by atoms with van der Waals surface area (Å²) in [5.74, 6) is 0. The Morgan fingerprint density at radius 1 is 1.21 bits per heavy atom. The van der Waals surface area contributed by atoms with Gasteiger partial charge in [0.15, 0.2) is 21.1 Å². The molecular formula is C7H4F3IKNO4S2. The van der Waals surface area contributed by atoms with Gasteiger partial charge in [-0.1, -0.05) is 0 Å². The Morgan fingerprint density at radius 3 is 2.11 bits per heavy atom. The molecule has 5 nitrogen and oxygen atoms in total. The second-order valence-electron chi connectivity index (χ2n) is 2.76. The number of nitrogens with zero attached hydrogens (tertiary/aromatic N) is 1. The first-order valence-electron chi connectivity index (χ1n) is 4.02. The fourth-order valence-corrected chi connectivity index (χ4v) is 2.13. The minimum absolute atomic E-state index is 0. The second-order valence-corrected chi connectivity index (χ2v) is 6.66. The molecule has 0 amide bonds. The third kappa shape index (κ3) is 6.35. The van der Waals surface area contributed by atoms with E-state index in [1.165, 1.54) is 24.3 Å². The molecule has 1 rings (SSSR count). The molecule has 0 fully saturated rings. The Morgan fingerprint density at radius 2 is 1.68 bits per heavy atom. The van der Waals surface area contributed by atoms with Crippen LogP contribution in [0.5, 0.6) is 0 Å². The average Bonchev–Trinajstić information content (AvgIpc) is 2.25. The van der Waals surface area contributed by atoms with Gasteiger partial charge in [0.25, 0.3) is 0 Å². The predicted octanol–water partition coefficient (Wildman–Crippen LogP) is -0.527. The molecule has 1 unspecified atom stereocenters. The van der Waals surface area contributed by atoms with Crippen molar-refractivity contribution >= 4 is 43.7 Å². The van der Waals surface area contributed by atoms with Gasteiger partial charge < -0.3 is 9.17 Å². The van der Waals surface area contributed by atoms with Gasteiger partial charge in [0.05, 0.1) is 4.90 Å². The van der Waals surface area contributed by atoms with E-state index in [1.54, 1.807) is 0 Å². The Bertz CT molecular complexity index is 548. The van der Waals surface area contributed by atoms with Crippen LogP contribution in [-0.4, -0.2) is 18.1 Å². The summed E-state index contributed by atoms with van der Waals surface area (Å²) >= 11 is -0.465. The van der Waals surface area contributed by atoms with E-state index in [2.05, 4.69) is 4.28 Å². The van der Waals surface area contributed by atoms with Crippen LogP contribution in [0.3, 0.4) is 0 Å². The molecule has 0 saturated carbocycles. The zero-order chi connectivity index (χ0) is 14.0. The molecule has 1 aromatic rings. The van der Waals surface area contributed by atoms with Gasteiger partial charge in [-0.2, -0.15) is 13.2 Å². The van der Waals surface area contributed by atoms with Crippen LogP contribution >= 0.6 is 22.6 Å². The van der Waals surface area contributed by atoms with Crippen molar-refractivity contribution < 1.29 is 81.5 Å². The molecule has 0 bridgehead atoms. The Hall–Kier alpha value is 1.40. The molecule has 1 aromatic carbocycles. The number of halogens is 4. The first kappa shape index (κ1) is 20.4. The van der Waals surface area contributed by atoms with E-state index < -0.39 is 26.6 Å². The summed E-state index contributed by atoms with van der Waals surface area (Å²) in [6.07, 6.45) is 0. The van der Waals surface area contributed by atoms with Crippen molar-refractivity contribution in [2.75, 3.05) is 0 Å². The third-order valence-electron chi connectivity index (χ3n) is 1.49. The molecule has 19 heavy (non-hydrogen) atoms. The summed E-state index contributed by atoms with van der Waals surface area (Å²) in [6, 6.07) is 5.67. The number of benzene rings is 1. The third-order valence-corrected chi connectivity index (χ3v) is 4.03. The Balaban J connectivity index is 0.00000324. The first-order chi connectivity index (χ1) is 8.13. The molecule has 1 atom stereocenters. The van der Waals surface area contributed by atoms with E-state index in [0.29, 0.717) is 0 Å². The topological polar surface area (TPSA) is 74.5 Å². The van der Waals surface area contributed by atoms with Crippen molar-refractivity contribution in [3.8, 4) is 0 Å². The molecule has 12 heteroatoms. The van der Waals surface area contributed by atoms with E-state index in [0.717, 1.165) is 3.57 Å². The van der Waals surface area contributed by atoms with Crippen molar-refractivity contribution in [1.29, 1.82) is 0 Å². The van der Waals surface area contributed by atoms with Gasteiger partial charge in [-0.15, -0.1) is 0 Å². The van der Waals surface area contributed by atoms with Crippen molar-refractivity contribution in [3.63, 3.8) is 0 Å². The van der Waals surface area contributed by atoms with Gasteiger partial charge in [-0.05, 0) is 46.9 Å². The van der Waals surface area contributed by atoms with Gasteiger partial charge in [-0.3, -0.25) is 0 Å². The molecule has 0 saturated heterocycles. The average molecular weight is 453 g/mol. The van der Waals surface area contributed by atoms with E-state index in [9.17, 15) is 25.8 Å². The molecule has 0 spiro atoms. The molecule has 0 radical (unpaired) electrons. The van der Waals surface area contributed by atoms with Gasteiger partial charge in [0.2, 0.25) is 0 Å². The van der Waals surface area contributed by atoms with Crippen LogP contribution in [-0.2, 0) is 25.4 Å². The van der Waals surface area contributed by atoms with Crippen LogP contribution in [0.25, 0.3) is 4.89 Å². The Kier molecular flexibility index (Phi) is 8.74. The monoisotopic (exact) mass is 453 g/mol. The smallest absolute Gasteiger partial charge is 0.398 e. The largest absolute Gasteiger partial charge is 1.00 e. The van der Waals surface area contributed by atoms with E-state index in [4.69, 9.17) is 0 Å². The standard InChI is InChI=1S/C7H4F3INO4S2.K/c8-7(9,10)18(14,15)12-16-17(13)6-3-1-5(11)2-4-6;/h1-4H;/q-1;+1. The molecule has 0 aromatic heterocycles. The van der Waals surface area contributed by atoms with Gasteiger partial charge in [0.1, 0.15) is 0 Å². The number of rotatable bonds is 4. The van der Waals surface area contributed by atoms with Crippen LogP contribution in [0, 0.1) is 3.57 Å². The number of alkyl halides is 3. The van der Waals surface area contributed by atoms with Crippen LogP contribution < -0.4 is 51.4 Å². The van der Waals surface area contributed by atoms with Crippen molar-refractivity contribution in [1.82, 2.24) is 0 Å². The summed E-state index contributed by atoms with van der Waals surface area (Å²) in [5, 5.41) is 0. The summed E-state index contributed by atoms with van der Waals surface area (Å²) < 4.78 is 72.5. The molecule has 0 aliphatic carbocycles. The maximum atomic E-state index is 11.9.